The maximum absolute atomic E-state index is 13.2. The predicted molar refractivity (Wildman–Crippen MR) is 110 cm³/mol. The zero-order valence-corrected chi connectivity index (χ0v) is 17.1. The molecule has 142 valence electrons. The number of anilines is 1. The highest BCUT2D eigenvalue weighted by molar-refractivity contribution is 9.10. The molecule has 3 aromatic rings. The monoisotopic (exact) mass is 439 g/mol. The summed E-state index contributed by atoms with van der Waals surface area (Å²) < 4.78 is 11.7. The van der Waals surface area contributed by atoms with Crippen LogP contribution >= 0.6 is 15.9 Å². The largest absolute Gasteiger partial charge is 0.481 e. The average Bonchev–Trinajstić information content (AvgIpc) is 3.05. The lowest BCUT2D eigenvalue weighted by molar-refractivity contribution is 0.0987. The summed E-state index contributed by atoms with van der Waals surface area (Å²) in [7, 11) is 1.55. The molecule has 7 heteroatoms. The molecule has 0 atom stereocenters. The molecular formula is C21H18BrN3O3. The first-order valence-corrected chi connectivity index (χ1v) is 9.59. The van der Waals surface area contributed by atoms with Gasteiger partial charge in [-0.15, -0.1) is 0 Å². The van der Waals surface area contributed by atoms with E-state index in [0.29, 0.717) is 30.3 Å². The van der Waals surface area contributed by atoms with Crippen LogP contribution in [0.15, 0.2) is 51.6 Å². The van der Waals surface area contributed by atoms with Gasteiger partial charge in [-0.3, -0.25) is 4.79 Å². The number of methoxy groups -OCH3 is 1. The quantitative estimate of drug-likeness (QED) is 0.589. The van der Waals surface area contributed by atoms with Crippen molar-refractivity contribution in [1.82, 2.24) is 9.97 Å². The van der Waals surface area contributed by atoms with Crippen LogP contribution < -0.4 is 9.64 Å². The number of halogens is 1. The van der Waals surface area contributed by atoms with Crippen molar-refractivity contribution in [3.8, 4) is 5.88 Å². The van der Waals surface area contributed by atoms with Crippen LogP contribution in [0.25, 0.3) is 11.6 Å². The number of oxazole rings is 1. The summed E-state index contributed by atoms with van der Waals surface area (Å²) in [5, 5.41) is 0. The van der Waals surface area contributed by atoms with Crippen LogP contribution in [-0.4, -0.2) is 29.5 Å². The number of ether oxygens (including phenoxy) is 1. The summed E-state index contributed by atoms with van der Waals surface area (Å²) in [4.78, 5) is 23.5. The van der Waals surface area contributed by atoms with Crippen molar-refractivity contribution in [2.75, 3.05) is 18.6 Å². The molecule has 0 radical (unpaired) electrons. The maximum Gasteiger partial charge on any atom is 0.259 e. The number of carbonyl (C=O) groups excluding carboxylic acids is 1. The molecule has 1 aliphatic heterocycles. The van der Waals surface area contributed by atoms with E-state index in [2.05, 4.69) is 25.9 Å². The summed E-state index contributed by atoms with van der Waals surface area (Å²) in [6, 6.07) is 9.29. The normalized spacial score (nSPS) is 13.5. The molecule has 1 amide bonds. The molecule has 0 fully saturated rings. The van der Waals surface area contributed by atoms with Crippen LogP contribution in [0.4, 0.5) is 5.69 Å². The van der Waals surface area contributed by atoms with Gasteiger partial charge < -0.3 is 14.1 Å². The second-order valence-electron chi connectivity index (χ2n) is 6.44. The highest BCUT2D eigenvalue weighted by Crippen LogP contribution is 2.34. The Kier molecular flexibility index (Phi) is 5.00. The van der Waals surface area contributed by atoms with E-state index in [1.807, 2.05) is 31.2 Å². The fraction of sp³-hybridized carbons (Fsp3) is 0.190. The summed E-state index contributed by atoms with van der Waals surface area (Å²) in [5.74, 6) is 1.70. The molecule has 6 nitrogen and oxygen atoms in total. The second-order valence-corrected chi connectivity index (χ2v) is 7.36. The third-order valence-corrected chi connectivity index (χ3v) is 5.04. The Morgan fingerprint density at radius 2 is 2.07 bits per heavy atom. The number of nitrogens with zero attached hydrogens (tertiary/aromatic N) is 3. The van der Waals surface area contributed by atoms with Gasteiger partial charge in [0.15, 0.2) is 0 Å². The van der Waals surface area contributed by atoms with Gasteiger partial charge in [0.1, 0.15) is 5.76 Å². The van der Waals surface area contributed by atoms with Crippen LogP contribution in [0.1, 0.15) is 34.0 Å². The Hall–Kier alpha value is -2.93. The van der Waals surface area contributed by atoms with E-state index in [1.54, 1.807) is 30.3 Å². The van der Waals surface area contributed by atoms with Crippen molar-refractivity contribution < 1.29 is 13.9 Å². The minimum Gasteiger partial charge on any atom is -0.481 e. The fourth-order valence-electron chi connectivity index (χ4n) is 3.15. The summed E-state index contributed by atoms with van der Waals surface area (Å²) in [6.07, 6.45) is 5.90. The highest BCUT2D eigenvalue weighted by atomic mass is 79.9. The summed E-state index contributed by atoms with van der Waals surface area (Å²) in [6.45, 7) is 2.37. The number of pyridine rings is 1. The van der Waals surface area contributed by atoms with Crippen LogP contribution in [0.3, 0.4) is 0 Å². The first-order chi connectivity index (χ1) is 13.5. The SMILES string of the molecule is COc1ccc(C(=O)N2CCC(c3ncc(C)o3)=Cc3ccc(Br)cc32)cn1. The molecule has 0 spiro atoms. The zero-order valence-electron chi connectivity index (χ0n) is 15.5. The molecule has 4 rings (SSSR count). The molecule has 28 heavy (non-hydrogen) atoms. The average molecular weight is 440 g/mol. The van der Waals surface area contributed by atoms with E-state index in [1.165, 1.54) is 6.20 Å². The lowest BCUT2D eigenvalue weighted by atomic mass is 10.1. The smallest absolute Gasteiger partial charge is 0.259 e. The Morgan fingerprint density at radius 1 is 1.21 bits per heavy atom. The molecule has 0 N–H and O–H groups in total. The summed E-state index contributed by atoms with van der Waals surface area (Å²) >= 11 is 3.51. The molecular weight excluding hydrogens is 422 g/mol. The minimum absolute atomic E-state index is 0.118. The van der Waals surface area contributed by atoms with Gasteiger partial charge in [-0.25, -0.2) is 9.97 Å². The molecule has 1 aromatic carbocycles. The Balaban J connectivity index is 1.73. The number of benzene rings is 1. The van der Waals surface area contributed by atoms with Gasteiger partial charge in [0.2, 0.25) is 11.8 Å². The molecule has 0 saturated heterocycles. The molecule has 1 aliphatic rings. The standard InChI is InChI=1S/C21H18BrN3O3/c1-13-11-24-20(28-13)15-7-8-25(18-10-17(22)5-3-14(18)9-15)21(26)16-4-6-19(27-2)23-12-16/h3-6,9-12H,7-8H2,1-2H3. The van der Waals surface area contributed by atoms with E-state index in [-0.39, 0.29) is 5.91 Å². The van der Waals surface area contributed by atoms with Crippen LogP contribution in [0.2, 0.25) is 0 Å². The number of rotatable bonds is 3. The topological polar surface area (TPSA) is 68.5 Å². The zero-order chi connectivity index (χ0) is 19.7. The van der Waals surface area contributed by atoms with Gasteiger partial charge in [0.05, 0.1) is 24.6 Å². The van der Waals surface area contributed by atoms with Crippen LogP contribution in [0.5, 0.6) is 5.88 Å². The number of aryl methyl sites for hydroxylation is 1. The number of aromatic nitrogens is 2. The van der Waals surface area contributed by atoms with Gasteiger partial charge in [-0.2, -0.15) is 0 Å². The molecule has 0 unspecified atom stereocenters. The Bertz CT molecular complexity index is 1060. The number of carbonyl (C=O) groups is 1. The second kappa shape index (κ2) is 7.59. The van der Waals surface area contributed by atoms with E-state index in [0.717, 1.165) is 27.1 Å². The van der Waals surface area contributed by atoms with Gasteiger partial charge in [0.25, 0.3) is 5.91 Å². The van der Waals surface area contributed by atoms with Gasteiger partial charge in [0, 0.05) is 28.9 Å². The van der Waals surface area contributed by atoms with Crippen molar-refractivity contribution >= 4 is 39.2 Å². The van der Waals surface area contributed by atoms with Crippen molar-refractivity contribution in [3.63, 3.8) is 0 Å². The molecule has 0 saturated carbocycles. The molecule has 0 bridgehead atoms. The van der Waals surface area contributed by atoms with Crippen LogP contribution in [0, 0.1) is 6.92 Å². The lowest BCUT2D eigenvalue weighted by Gasteiger charge is -2.23. The number of hydrogen-bond donors (Lipinski definition) is 0. The van der Waals surface area contributed by atoms with Gasteiger partial charge >= 0.3 is 0 Å². The highest BCUT2D eigenvalue weighted by Gasteiger charge is 2.25. The number of amides is 1. The molecule has 3 heterocycles. The van der Waals surface area contributed by atoms with E-state index < -0.39 is 0 Å². The molecule has 2 aromatic heterocycles. The lowest BCUT2D eigenvalue weighted by Crippen LogP contribution is -2.32. The Labute approximate surface area is 171 Å². The maximum atomic E-state index is 13.2. The number of fused-ring (bicyclic) bond motifs is 1. The molecule has 0 aliphatic carbocycles. The number of hydrogen-bond acceptors (Lipinski definition) is 5. The third-order valence-electron chi connectivity index (χ3n) is 4.55. The summed E-state index contributed by atoms with van der Waals surface area (Å²) in [5.41, 5.74) is 3.22. The van der Waals surface area contributed by atoms with Crippen molar-refractivity contribution in [2.45, 2.75) is 13.3 Å². The van der Waals surface area contributed by atoms with Crippen molar-refractivity contribution in [2.24, 2.45) is 0 Å². The fourth-order valence-corrected chi connectivity index (χ4v) is 3.50. The van der Waals surface area contributed by atoms with E-state index in [4.69, 9.17) is 9.15 Å². The predicted octanol–water partition coefficient (Wildman–Crippen LogP) is 4.74. The third kappa shape index (κ3) is 3.57. The first kappa shape index (κ1) is 18.4. The first-order valence-electron chi connectivity index (χ1n) is 8.80. The van der Waals surface area contributed by atoms with Gasteiger partial charge in [-0.05, 0) is 43.2 Å². The Morgan fingerprint density at radius 3 is 2.75 bits per heavy atom. The van der Waals surface area contributed by atoms with Crippen molar-refractivity contribution in [3.05, 3.63) is 70.0 Å². The van der Waals surface area contributed by atoms with E-state index in [9.17, 15) is 4.79 Å². The van der Waals surface area contributed by atoms with Crippen molar-refractivity contribution in [1.29, 1.82) is 0 Å². The van der Waals surface area contributed by atoms with E-state index >= 15 is 0 Å². The minimum atomic E-state index is -0.118. The van der Waals surface area contributed by atoms with Crippen LogP contribution in [-0.2, 0) is 0 Å². The van der Waals surface area contributed by atoms with Gasteiger partial charge in [-0.1, -0.05) is 22.0 Å².